The highest BCUT2D eigenvalue weighted by molar-refractivity contribution is 9.10. The van der Waals surface area contributed by atoms with Gasteiger partial charge in [-0.3, -0.25) is 0 Å². The molecular formula is C10H10BrN3O2. The normalized spacial score (nSPS) is 13.6. The zero-order valence-corrected chi connectivity index (χ0v) is 10.5. The molecule has 0 aliphatic rings. The summed E-state index contributed by atoms with van der Waals surface area (Å²) >= 11 is 3.21. The smallest absolute Gasteiger partial charge is 0.332 e. The number of hydrogen-bond donors (Lipinski definition) is 0. The molecule has 1 atom stereocenters. The third-order valence-corrected chi connectivity index (χ3v) is 2.63. The highest BCUT2D eigenvalue weighted by Crippen LogP contribution is 2.28. The zero-order valence-electron chi connectivity index (χ0n) is 8.90. The first-order chi connectivity index (χ1) is 7.56. The first-order valence-electron chi connectivity index (χ1n) is 4.60. The second-order valence-corrected chi connectivity index (χ2v) is 4.03. The molecule has 0 amide bonds. The molecule has 6 heteroatoms. The van der Waals surface area contributed by atoms with Gasteiger partial charge in [0, 0.05) is 6.20 Å². The van der Waals surface area contributed by atoms with Crippen LogP contribution in [0.3, 0.4) is 0 Å². The lowest BCUT2D eigenvalue weighted by Crippen LogP contribution is -2.34. The molecular weight excluding hydrogens is 274 g/mol. The first-order valence-corrected chi connectivity index (χ1v) is 5.40. The molecule has 0 radical (unpaired) electrons. The van der Waals surface area contributed by atoms with Crippen molar-refractivity contribution in [3.05, 3.63) is 22.7 Å². The number of nitriles is 1. The Hall–Kier alpha value is -1.48. The molecule has 0 N–H and O–H groups in total. The van der Waals surface area contributed by atoms with Crippen LogP contribution >= 0.6 is 15.9 Å². The summed E-state index contributed by atoms with van der Waals surface area (Å²) in [6.45, 7) is 3.38. The van der Waals surface area contributed by atoms with E-state index in [1.165, 1.54) is 19.4 Å². The van der Waals surface area contributed by atoms with E-state index in [0.29, 0.717) is 10.2 Å². The molecule has 0 aromatic carbocycles. The van der Waals surface area contributed by atoms with Gasteiger partial charge < -0.3 is 4.74 Å². The van der Waals surface area contributed by atoms with Crippen LogP contribution in [0.4, 0.5) is 0 Å². The monoisotopic (exact) mass is 283 g/mol. The van der Waals surface area contributed by atoms with Crippen LogP contribution in [0, 0.1) is 11.3 Å². The maximum absolute atomic E-state index is 11.7. The number of hydrogen-bond acceptors (Lipinski definition) is 5. The van der Waals surface area contributed by atoms with E-state index in [-0.39, 0.29) is 6.61 Å². The van der Waals surface area contributed by atoms with Gasteiger partial charge in [-0.05, 0) is 29.8 Å². The molecule has 1 heterocycles. The number of nitrogens with zero attached hydrogens (tertiary/aromatic N) is 3. The fourth-order valence-corrected chi connectivity index (χ4v) is 1.77. The van der Waals surface area contributed by atoms with Gasteiger partial charge in [-0.25, -0.2) is 14.8 Å². The number of rotatable bonds is 3. The van der Waals surface area contributed by atoms with Gasteiger partial charge >= 0.3 is 5.97 Å². The van der Waals surface area contributed by atoms with Gasteiger partial charge in [0.05, 0.1) is 22.8 Å². The van der Waals surface area contributed by atoms with Crippen molar-refractivity contribution in [2.75, 3.05) is 6.61 Å². The third kappa shape index (κ3) is 2.19. The van der Waals surface area contributed by atoms with E-state index >= 15 is 0 Å². The highest BCUT2D eigenvalue weighted by Gasteiger charge is 2.40. The van der Waals surface area contributed by atoms with Crippen molar-refractivity contribution in [1.82, 2.24) is 9.97 Å². The summed E-state index contributed by atoms with van der Waals surface area (Å²) in [5.74, 6) is -0.614. The Morgan fingerprint density at radius 3 is 2.94 bits per heavy atom. The van der Waals surface area contributed by atoms with E-state index in [1.54, 1.807) is 6.92 Å². The van der Waals surface area contributed by atoms with Crippen molar-refractivity contribution in [2.45, 2.75) is 19.3 Å². The van der Waals surface area contributed by atoms with E-state index in [1.807, 2.05) is 6.07 Å². The van der Waals surface area contributed by atoms with Crippen molar-refractivity contribution in [1.29, 1.82) is 5.26 Å². The van der Waals surface area contributed by atoms with E-state index in [2.05, 4.69) is 25.9 Å². The number of carbonyl (C=O) groups excluding carboxylic acids is 1. The van der Waals surface area contributed by atoms with Crippen LogP contribution in [0.5, 0.6) is 0 Å². The average molecular weight is 284 g/mol. The number of aromatic nitrogens is 2. The molecule has 0 saturated heterocycles. The minimum Gasteiger partial charge on any atom is -0.465 e. The van der Waals surface area contributed by atoms with E-state index in [9.17, 15) is 4.79 Å². The number of carbonyl (C=O) groups is 1. The summed E-state index contributed by atoms with van der Waals surface area (Å²) in [5, 5.41) is 9.13. The molecule has 1 rings (SSSR count). The average Bonchev–Trinajstić information content (AvgIpc) is 2.29. The predicted octanol–water partition coefficient (Wildman–Crippen LogP) is 1.58. The molecule has 1 aromatic heterocycles. The van der Waals surface area contributed by atoms with Crippen LogP contribution in [0.15, 0.2) is 17.0 Å². The summed E-state index contributed by atoms with van der Waals surface area (Å²) in [6, 6.07) is 1.93. The van der Waals surface area contributed by atoms with Crippen molar-refractivity contribution >= 4 is 21.9 Å². The summed E-state index contributed by atoms with van der Waals surface area (Å²) in [5.41, 5.74) is -1.11. The van der Waals surface area contributed by atoms with E-state index in [0.717, 1.165) is 0 Å². The molecule has 16 heavy (non-hydrogen) atoms. The van der Waals surface area contributed by atoms with Gasteiger partial charge in [0.2, 0.25) is 0 Å². The van der Waals surface area contributed by atoms with Crippen molar-refractivity contribution in [3.63, 3.8) is 0 Å². The fourth-order valence-electron chi connectivity index (χ4n) is 1.15. The molecule has 0 aliphatic heterocycles. The van der Waals surface area contributed by atoms with Gasteiger partial charge in [-0.1, -0.05) is 0 Å². The third-order valence-electron chi connectivity index (χ3n) is 2.05. The zero-order chi connectivity index (χ0) is 12.2. The minimum absolute atomic E-state index is 0.221. The molecule has 1 aromatic rings. The first kappa shape index (κ1) is 12.6. The fraction of sp³-hybridized carbons (Fsp3) is 0.400. The Kier molecular flexibility index (Phi) is 3.96. The maximum Gasteiger partial charge on any atom is 0.332 e. The van der Waals surface area contributed by atoms with Crippen molar-refractivity contribution in [2.24, 2.45) is 0 Å². The molecule has 0 bridgehead atoms. The predicted molar refractivity (Wildman–Crippen MR) is 59.3 cm³/mol. The van der Waals surface area contributed by atoms with Crippen LogP contribution in [0.1, 0.15) is 19.5 Å². The largest absolute Gasteiger partial charge is 0.465 e. The summed E-state index contributed by atoms with van der Waals surface area (Å²) in [4.78, 5) is 19.4. The SMILES string of the molecule is CCOC(=O)C(C)(C#N)c1ncncc1Br. The number of ether oxygens (including phenoxy) is 1. The van der Waals surface area contributed by atoms with Gasteiger partial charge in [-0.15, -0.1) is 0 Å². The van der Waals surface area contributed by atoms with Crippen LogP contribution in [-0.4, -0.2) is 22.5 Å². The summed E-state index contributed by atoms with van der Waals surface area (Å²) in [6.07, 6.45) is 2.77. The number of esters is 1. The second kappa shape index (κ2) is 5.03. The van der Waals surface area contributed by atoms with Crippen molar-refractivity contribution in [3.8, 4) is 6.07 Å². The minimum atomic E-state index is -1.42. The molecule has 0 spiro atoms. The Labute approximate surface area is 102 Å². The number of halogens is 1. The molecule has 0 aliphatic carbocycles. The van der Waals surface area contributed by atoms with E-state index in [4.69, 9.17) is 10.00 Å². The Bertz CT molecular complexity index is 444. The highest BCUT2D eigenvalue weighted by atomic mass is 79.9. The Morgan fingerprint density at radius 2 is 2.44 bits per heavy atom. The van der Waals surface area contributed by atoms with Crippen LogP contribution < -0.4 is 0 Å². The lowest BCUT2D eigenvalue weighted by atomic mass is 9.88. The summed E-state index contributed by atoms with van der Waals surface area (Å²) in [7, 11) is 0. The lowest BCUT2D eigenvalue weighted by molar-refractivity contribution is -0.147. The van der Waals surface area contributed by atoms with Crippen LogP contribution in [0.25, 0.3) is 0 Å². The molecule has 84 valence electrons. The van der Waals surface area contributed by atoms with Crippen molar-refractivity contribution < 1.29 is 9.53 Å². The lowest BCUT2D eigenvalue weighted by Gasteiger charge is -2.19. The standard InChI is InChI=1S/C10H10BrN3O2/c1-3-16-9(15)10(2,5-12)8-7(11)4-13-6-14-8/h4,6H,3H2,1-2H3. The van der Waals surface area contributed by atoms with Gasteiger partial charge in [0.1, 0.15) is 6.33 Å². The molecule has 0 saturated carbocycles. The molecule has 5 nitrogen and oxygen atoms in total. The maximum atomic E-state index is 11.7. The van der Waals surface area contributed by atoms with Gasteiger partial charge in [0.15, 0.2) is 5.41 Å². The van der Waals surface area contributed by atoms with Crippen LogP contribution in [-0.2, 0) is 14.9 Å². The Morgan fingerprint density at radius 1 is 1.75 bits per heavy atom. The van der Waals surface area contributed by atoms with Crippen LogP contribution in [0.2, 0.25) is 0 Å². The molecule has 1 unspecified atom stereocenters. The Balaban J connectivity index is 3.21. The van der Waals surface area contributed by atoms with E-state index < -0.39 is 11.4 Å². The van der Waals surface area contributed by atoms with Gasteiger partial charge in [-0.2, -0.15) is 5.26 Å². The van der Waals surface area contributed by atoms with Gasteiger partial charge in [0.25, 0.3) is 0 Å². The molecule has 0 fully saturated rings. The summed E-state index contributed by atoms with van der Waals surface area (Å²) < 4.78 is 5.37. The second-order valence-electron chi connectivity index (χ2n) is 3.18. The topological polar surface area (TPSA) is 75.9 Å². The quantitative estimate of drug-likeness (QED) is 0.788.